The summed E-state index contributed by atoms with van der Waals surface area (Å²) < 4.78 is 18.1. The van der Waals surface area contributed by atoms with E-state index in [-0.39, 0.29) is 12.5 Å². The van der Waals surface area contributed by atoms with Gasteiger partial charge in [-0.15, -0.1) is 0 Å². The average molecular weight is 444 g/mol. The number of unbranched alkanes of at least 4 members (excludes halogenated alkanes) is 2. The van der Waals surface area contributed by atoms with Gasteiger partial charge in [0.2, 0.25) is 11.7 Å². The molecule has 1 amide bonds. The normalized spacial score (nSPS) is 10.8. The number of imidazole rings is 1. The third-order valence-electron chi connectivity index (χ3n) is 4.85. The van der Waals surface area contributed by atoms with Crippen molar-refractivity contribution in [1.82, 2.24) is 9.55 Å². The molecule has 1 aromatic heterocycles. The number of hydrogen-bond acceptors (Lipinski definition) is 6. The summed E-state index contributed by atoms with van der Waals surface area (Å²) >= 11 is 1.69. The number of anilines is 1. The number of methoxy groups -OCH3 is 3. The molecule has 0 unspecified atom stereocenters. The number of nitrogens with zero attached hydrogens (tertiary/aromatic N) is 2. The number of benzene rings is 2. The van der Waals surface area contributed by atoms with Crippen molar-refractivity contribution in [2.45, 2.75) is 37.9 Å². The Bertz CT molecular complexity index is 1010. The van der Waals surface area contributed by atoms with Gasteiger partial charge in [0.05, 0.1) is 32.4 Å². The van der Waals surface area contributed by atoms with E-state index in [1.165, 1.54) is 12.8 Å². The predicted molar refractivity (Wildman–Crippen MR) is 125 cm³/mol. The van der Waals surface area contributed by atoms with Crippen molar-refractivity contribution in [3.63, 3.8) is 0 Å². The molecule has 0 spiro atoms. The van der Waals surface area contributed by atoms with Gasteiger partial charge in [-0.3, -0.25) is 4.79 Å². The lowest BCUT2D eigenvalue weighted by atomic mass is 10.2. The molecule has 3 rings (SSSR count). The maximum atomic E-state index is 12.9. The number of rotatable bonds is 11. The van der Waals surface area contributed by atoms with Gasteiger partial charge in [-0.05, 0) is 18.6 Å². The molecule has 1 heterocycles. The first-order chi connectivity index (χ1) is 15.1. The summed E-state index contributed by atoms with van der Waals surface area (Å²) in [6, 6.07) is 11.3. The first-order valence-electron chi connectivity index (χ1n) is 10.3. The van der Waals surface area contributed by atoms with Crippen LogP contribution in [0.2, 0.25) is 0 Å². The van der Waals surface area contributed by atoms with Crippen molar-refractivity contribution in [3.8, 4) is 17.2 Å². The molecule has 1 N–H and O–H groups in total. The van der Waals surface area contributed by atoms with Gasteiger partial charge in [-0.2, -0.15) is 0 Å². The minimum atomic E-state index is -0.159. The second-order valence-electron chi connectivity index (χ2n) is 6.99. The highest BCUT2D eigenvalue weighted by Crippen LogP contribution is 2.40. The Morgan fingerprint density at radius 1 is 1.06 bits per heavy atom. The van der Waals surface area contributed by atoms with Crippen molar-refractivity contribution < 1.29 is 19.0 Å². The van der Waals surface area contributed by atoms with E-state index in [4.69, 9.17) is 19.2 Å². The van der Waals surface area contributed by atoms with Crippen LogP contribution in [0.3, 0.4) is 0 Å². The molecule has 166 valence electrons. The zero-order valence-corrected chi connectivity index (χ0v) is 19.3. The van der Waals surface area contributed by atoms with E-state index in [9.17, 15) is 4.79 Å². The number of thioether (sulfide) groups is 1. The smallest absolute Gasteiger partial charge is 0.244 e. The summed E-state index contributed by atoms with van der Waals surface area (Å²) in [5.41, 5.74) is 2.41. The number of nitrogens with one attached hydrogen (secondary N) is 1. The number of para-hydroxylation sites is 2. The van der Waals surface area contributed by atoms with Crippen LogP contribution in [-0.4, -0.2) is 42.5 Å². The first-order valence-corrected chi connectivity index (χ1v) is 11.3. The van der Waals surface area contributed by atoms with Crippen LogP contribution in [0.1, 0.15) is 26.2 Å². The highest BCUT2D eigenvalue weighted by atomic mass is 32.2. The van der Waals surface area contributed by atoms with Crippen molar-refractivity contribution in [3.05, 3.63) is 36.4 Å². The Kier molecular flexibility index (Phi) is 8.06. The molecule has 0 aliphatic carbocycles. The number of carbonyl (C=O) groups excluding carboxylic acids is 1. The third-order valence-corrected chi connectivity index (χ3v) is 5.91. The fourth-order valence-corrected chi connectivity index (χ4v) is 4.34. The van der Waals surface area contributed by atoms with E-state index in [0.29, 0.717) is 22.9 Å². The van der Waals surface area contributed by atoms with Crippen LogP contribution in [0.5, 0.6) is 17.2 Å². The summed E-state index contributed by atoms with van der Waals surface area (Å²) in [7, 11) is 4.63. The van der Waals surface area contributed by atoms with Gasteiger partial charge in [-0.25, -0.2) is 4.98 Å². The summed E-state index contributed by atoms with van der Waals surface area (Å²) in [5, 5.41) is 3.80. The number of ether oxygens (including phenoxy) is 3. The number of aromatic nitrogens is 2. The van der Waals surface area contributed by atoms with Crippen LogP contribution in [0.25, 0.3) is 11.0 Å². The molecule has 7 nitrogen and oxygen atoms in total. The maximum absolute atomic E-state index is 12.9. The summed E-state index contributed by atoms with van der Waals surface area (Å²) in [6.07, 6.45) is 3.49. The molecule has 0 saturated heterocycles. The predicted octanol–water partition coefficient (Wildman–Crippen LogP) is 4.98. The molecular formula is C23H29N3O4S. The van der Waals surface area contributed by atoms with Crippen LogP contribution >= 0.6 is 11.8 Å². The van der Waals surface area contributed by atoms with Crippen LogP contribution in [-0.2, 0) is 11.3 Å². The first kappa shape index (κ1) is 22.8. The SMILES string of the molecule is CCCCCSc1nc2ccccc2n1CC(=O)Nc1cc(OC)c(OC)c(OC)c1. The molecular weight excluding hydrogens is 414 g/mol. The summed E-state index contributed by atoms with van der Waals surface area (Å²) in [6.45, 7) is 2.35. The molecule has 0 atom stereocenters. The number of carbonyl (C=O) groups is 1. The van der Waals surface area contributed by atoms with Crippen molar-refractivity contribution in [2.75, 3.05) is 32.4 Å². The largest absolute Gasteiger partial charge is 0.493 e. The highest BCUT2D eigenvalue weighted by molar-refractivity contribution is 7.99. The Morgan fingerprint density at radius 3 is 2.42 bits per heavy atom. The van der Waals surface area contributed by atoms with Crippen molar-refractivity contribution in [1.29, 1.82) is 0 Å². The minimum absolute atomic E-state index is 0.159. The van der Waals surface area contributed by atoms with Gasteiger partial charge in [0.15, 0.2) is 16.7 Å². The van der Waals surface area contributed by atoms with E-state index in [0.717, 1.165) is 28.4 Å². The molecule has 31 heavy (non-hydrogen) atoms. The van der Waals surface area contributed by atoms with Gasteiger partial charge in [0, 0.05) is 23.6 Å². The van der Waals surface area contributed by atoms with Crippen LogP contribution < -0.4 is 19.5 Å². The fraction of sp³-hybridized carbons (Fsp3) is 0.391. The van der Waals surface area contributed by atoms with Gasteiger partial charge >= 0.3 is 0 Å². The summed E-state index contributed by atoms with van der Waals surface area (Å²) in [4.78, 5) is 17.7. The zero-order chi connectivity index (χ0) is 22.2. The average Bonchev–Trinajstić information content (AvgIpc) is 3.13. The Hall–Kier alpha value is -2.87. The number of fused-ring (bicyclic) bond motifs is 1. The molecule has 2 aromatic carbocycles. The lowest BCUT2D eigenvalue weighted by molar-refractivity contribution is -0.116. The van der Waals surface area contributed by atoms with Crippen molar-refractivity contribution >= 4 is 34.4 Å². The molecule has 0 bridgehead atoms. The van der Waals surface area contributed by atoms with Crippen molar-refractivity contribution in [2.24, 2.45) is 0 Å². The second-order valence-corrected chi connectivity index (χ2v) is 8.05. The van der Waals surface area contributed by atoms with Gasteiger partial charge in [0.1, 0.15) is 6.54 Å². The van der Waals surface area contributed by atoms with Crippen LogP contribution in [0, 0.1) is 0 Å². The quantitative estimate of drug-likeness (QED) is 0.333. The minimum Gasteiger partial charge on any atom is -0.493 e. The zero-order valence-electron chi connectivity index (χ0n) is 18.4. The van der Waals surface area contributed by atoms with Crippen LogP contribution in [0.15, 0.2) is 41.6 Å². The third kappa shape index (κ3) is 5.44. The summed E-state index contributed by atoms with van der Waals surface area (Å²) in [5.74, 6) is 2.27. The molecule has 0 fully saturated rings. The molecule has 0 aliphatic heterocycles. The van der Waals surface area contributed by atoms with Crippen LogP contribution in [0.4, 0.5) is 5.69 Å². The van der Waals surface area contributed by atoms with E-state index < -0.39 is 0 Å². The van der Waals surface area contributed by atoms with Gasteiger partial charge in [0.25, 0.3) is 0 Å². The second kappa shape index (κ2) is 10.9. The topological polar surface area (TPSA) is 74.6 Å². The lowest BCUT2D eigenvalue weighted by Crippen LogP contribution is -2.19. The molecule has 3 aromatic rings. The van der Waals surface area contributed by atoms with Gasteiger partial charge < -0.3 is 24.1 Å². The van der Waals surface area contributed by atoms with E-state index >= 15 is 0 Å². The number of hydrogen-bond donors (Lipinski definition) is 1. The van der Waals surface area contributed by atoms with E-state index in [1.54, 1.807) is 45.2 Å². The lowest BCUT2D eigenvalue weighted by Gasteiger charge is -2.15. The Balaban J connectivity index is 1.81. The highest BCUT2D eigenvalue weighted by Gasteiger charge is 2.17. The van der Waals surface area contributed by atoms with E-state index in [2.05, 4.69) is 12.2 Å². The standard InChI is InChI=1S/C23H29N3O4S/c1-5-6-9-12-31-23-25-17-10-7-8-11-18(17)26(23)15-21(27)24-16-13-19(28-2)22(30-4)20(14-16)29-3/h7-8,10-11,13-14H,5-6,9,12,15H2,1-4H3,(H,24,27). The Labute approximate surface area is 187 Å². The van der Waals surface area contributed by atoms with E-state index in [1.807, 2.05) is 28.8 Å². The van der Waals surface area contributed by atoms with Gasteiger partial charge in [-0.1, -0.05) is 43.7 Å². The molecule has 0 radical (unpaired) electrons. The molecule has 0 saturated carbocycles. The fourth-order valence-electron chi connectivity index (χ4n) is 3.33. The number of amides is 1. The Morgan fingerprint density at radius 2 is 1.77 bits per heavy atom. The molecule has 8 heteroatoms. The maximum Gasteiger partial charge on any atom is 0.244 e. The monoisotopic (exact) mass is 443 g/mol. The molecule has 0 aliphatic rings.